The van der Waals surface area contributed by atoms with E-state index < -0.39 is 0 Å². The lowest BCUT2D eigenvalue weighted by Crippen LogP contribution is -2.26. The van der Waals surface area contributed by atoms with Gasteiger partial charge in [-0.1, -0.05) is 36.7 Å². The Balaban J connectivity index is 2.79. The van der Waals surface area contributed by atoms with Gasteiger partial charge in [0.2, 0.25) is 0 Å². The second-order valence-corrected chi connectivity index (χ2v) is 3.24. The lowest BCUT2D eigenvalue weighted by atomic mass is 10.0. The predicted molar refractivity (Wildman–Crippen MR) is 52.1 cm³/mol. The molecule has 0 saturated carbocycles. The molecule has 3 N–H and O–H groups in total. The van der Waals surface area contributed by atoms with E-state index in [1.165, 1.54) is 0 Å². The quantitative estimate of drug-likeness (QED) is 0.557. The van der Waals surface area contributed by atoms with Crippen molar-refractivity contribution in [1.82, 2.24) is 5.43 Å². The molecule has 1 aromatic carbocycles. The summed E-state index contributed by atoms with van der Waals surface area (Å²) in [4.78, 5) is 0. The lowest BCUT2D eigenvalue weighted by molar-refractivity contribution is 0.640. The van der Waals surface area contributed by atoms with Crippen LogP contribution in [-0.4, -0.2) is 6.54 Å². The Labute approximate surface area is 77.7 Å². The third-order valence-corrected chi connectivity index (χ3v) is 2.20. The molecule has 12 heavy (non-hydrogen) atoms. The Morgan fingerprint density at radius 3 is 2.75 bits per heavy atom. The maximum atomic E-state index is 5.99. The molecule has 0 aromatic heterocycles. The molecule has 1 atom stereocenters. The standard InChI is InChI=1S/C9H13ClN2/c1-7(6-12-11)8-4-2-3-5-9(8)10/h2-5,7,12H,6,11H2,1H3. The molecule has 2 nitrogen and oxygen atoms in total. The molecule has 1 unspecified atom stereocenters. The smallest absolute Gasteiger partial charge is 0.0441 e. The highest BCUT2D eigenvalue weighted by Gasteiger charge is 2.06. The fourth-order valence-corrected chi connectivity index (χ4v) is 1.48. The van der Waals surface area contributed by atoms with Gasteiger partial charge >= 0.3 is 0 Å². The van der Waals surface area contributed by atoms with Crippen LogP contribution in [0.2, 0.25) is 5.02 Å². The minimum Gasteiger partial charge on any atom is -0.271 e. The maximum Gasteiger partial charge on any atom is 0.0441 e. The van der Waals surface area contributed by atoms with Crippen LogP contribution in [0.3, 0.4) is 0 Å². The van der Waals surface area contributed by atoms with E-state index in [0.29, 0.717) is 5.92 Å². The Morgan fingerprint density at radius 2 is 2.17 bits per heavy atom. The van der Waals surface area contributed by atoms with Gasteiger partial charge in [-0.25, -0.2) is 0 Å². The molecular weight excluding hydrogens is 172 g/mol. The summed E-state index contributed by atoms with van der Waals surface area (Å²) in [5, 5.41) is 0.806. The van der Waals surface area contributed by atoms with Gasteiger partial charge in [-0.05, 0) is 17.5 Å². The van der Waals surface area contributed by atoms with Crippen LogP contribution >= 0.6 is 11.6 Å². The SMILES string of the molecule is CC(CNN)c1ccccc1Cl. The number of hydrazine groups is 1. The molecule has 1 aromatic rings. The van der Waals surface area contributed by atoms with Gasteiger partial charge in [0.15, 0.2) is 0 Å². The van der Waals surface area contributed by atoms with Crippen molar-refractivity contribution in [3.05, 3.63) is 34.9 Å². The van der Waals surface area contributed by atoms with Crippen LogP contribution in [0, 0.1) is 0 Å². The van der Waals surface area contributed by atoms with Gasteiger partial charge in [0, 0.05) is 11.6 Å². The first-order valence-corrected chi connectivity index (χ1v) is 4.31. The van der Waals surface area contributed by atoms with Gasteiger partial charge in [-0.3, -0.25) is 11.3 Å². The van der Waals surface area contributed by atoms with Gasteiger partial charge < -0.3 is 0 Å². The number of nitrogens with two attached hydrogens (primary N) is 1. The first kappa shape index (κ1) is 9.52. The molecule has 0 saturated heterocycles. The summed E-state index contributed by atoms with van der Waals surface area (Å²) in [6.07, 6.45) is 0. The number of benzene rings is 1. The van der Waals surface area contributed by atoms with Crippen molar-refractivity contribution in [2.24, 2.45) is 5.84 Å². The van der Waals surface area contributed by atoms with E-state index in [1.54, 1.807) is 0 Å². The second kappa shape index (κ2) is 4.45. The molecule has 0 amide bonds. The van der Waals surface area contributed by atoms with E-state index in [4.69, 9.17) is 17.4 Å². The van der Waals surface area contributed by atoms with E-state index in [9.17, 15) is 0 Å². The van der Waals surface area contributed by atoms with Crippen LogP contribution in [0.5, 0.6) is 0 Å². The second-order valence-electron chi connectivity index (χ2n) is 2.83. The molecule has 0 spiro atoms. The largest absolute Gasteiger partial charge is 0.271 e. The molecule has 1 rings (SSSR count). The van der Waals surface area contributed by atoms with Crippen molar-refractivity contribution in [2.45, 2.75) is 12.8 Å². The fourth-order valence-electron chi connectivity index (χ4n) is 1.16. The van der Waals surface area contributed by atoms with Crippen LogP contribution in [0.15, 0.2) is 24.3 Å². The third kappa shape index (κ3) is 2.21. The number of hydrogen-bond donors (Lipinski definition) is 2. The van der Waals surface area contributed by atoms with Crippen LogP contribution < -0.4 is 11.3 Å². The zero-order valence-electron chi connectivity index (χ0n) is 7.05. The third-order valence-electron chi connectivity index (χ3n) is 1.86. The monoisotopic (exact) mass is 184 g/mol. The minimum absolute atomic E-state index is 0.351. The van der Waals surface area contributed by atoms with E-state index in [1.807, 2.05) is 24.3 Å². The van der Waals surface area contributed by atoms with Crippen molar-refractivity contribution in [3.63, 3.8) is 0 Å². The summed E-state index contributed by atoms with van der Waals surface area (Å²) in [6, 6.07) is 7.82. The lowest BCUT2D eigenvalue weighted by Gasteiger charge is -2.11. The maximum absolute atomic E-state index is 5.99. The highest BCUT2D eigenvalue weighted by molar-refractivity contribution is 6.31. The number of nitrogens with one attached hydrogen (secondary N) is 1. The topological polar surface area (TPSA) is 38.0 Å². The Bertz CT molecular complexity index is 250. The Morgan fingerprint density at radius 1 is 1.50 bits per heavy atom. The zero-order valence-corrected chi connectivity index (χ0v) is 7.81. The molecular formula is C9H13ClN2. The van der Waals surface area contributed by atoms with Crippen molar-refractivity contribution in [3.8, 4) is 0 Å². The normalized spacial score (nSPS) is 12.9. The van der Waals surface area contributed by atoms with Gasteiger partial charge in [-0.15, -0.1) is 0 Å². The molecule has 0 radical (unpaired) electrons. The average Bonchev–Trinajstić information content (AvgIpc) is 2.05. The molecule has 0 aliphatic carbocycles. The Hall–Kier alpha value is -0.570. The average molecular weight is 185 g/mol. The zero-order chi connectivity index (χ0) is 8.97. The van der Waals surface area contributed by atoms with Gasteiger partial charge in [0.05, 0.1) is 0 Å². The fraction of sp³-hybridized carbons (Fsp3) is 0.333. The predicted octanol–water partition coefficient (Wildman–Crippen LogP) is 1.91. The number of halogens is 1. The van der Waals surface area contributed by atoms with Crippen LogP contribution in [0.1, 0.15) is 18.4 Å². The molecule has 0 bridgehead atoms. The molecule has 0 aliphatic rings. The minimum atomic E-state index is 0.351. The van der Waals surface area contributed by atoms with Crippen molar-refractivity contribution in [1.29, 1.82) is 0 Å². The van der Waals surface area contributed by atoms with Gasteiger partial charge in [-0.2, -0.15) is 0 Å². The summed E-state index contributed by atoms with van der Waals surface area (Å²) in [7, 11) is 0. The summed E-state index contributed by atoms with van der Waals surface area (Å²) < 4.78 is 0. The Kier molecular flexibility index (Phi) is 3.53. The van der Waals surface area contributed by atoms with Gasteiger partial charge in [0.25, 0.3) is 0 Å². The summed E-state index contributed by atoms with van der Waals surface area (Å²) in [5.41, 5.74) is 3.77. The van der Waals surface area contributed by atoms with Crippen LogP contribution in [0.25, 0.3) is 0 Å². The van der Waals surface area contributed by atoms with E-state index in [-0.39, 0.29) is 0 Å². The van der Waals surface area contributed by atoms with Crippen molar-refractivity contribution in [2.75, 3.05) is 6.54 Å². The van der Waals surface area contributed by atoms with E-state index in [0.717, 1.165) is 17.1 Å². The van der Waals surface area contributed by atoms with Crippen molar-refractivity contribution < 1.29 is 0 Å². The molecule has 66 valence electrons. The number of rotatable bonds is 3. The molecule has 0 fully saturated rings. The van der Waals surface area contributed by atoms with E-state index in [2.05, 4.69) is 12.3 Å². The van der Waals surface area contributed by atoms with Crippen LogP contribution in [0.4, 0.5) is 0 Å². The number of hydrogen-bond acceptors (Lipinski definition) is 2. The molecule has 0 heterocycles. The van der Waals surface area contributed by atoms with Crippen LogP contribution in [-0.2, 0) is 0 Å². The highest BCUT2D eigenvalue weighted by atomic mass is 35.5. The summed E-state index contributed by atoms with van der Waals surface area (Å²) in [5.74, 6) is 5.57. The van der Waals surface area contributed by atoms with Crippen molar-refractivity contribution >= 4 is 11.6 Å². The molecule has 0 aliphatic heterocycles. The summed E-state index contributed by atoms with van der Waals surface area (Å²) in [6.45, 7) is 2.82. The first-order chi connectivity index (χ1) is 5.75. The van der Waals surface area contributed by atoms with E-state index >= 15 is 0 Å². The summed E-state index contributed by atoms with van der Waals surface area (Å²) >= 11 is 5.99. The first-order valence-electron chi connectivity index (χ1n) is 3.93. The van der Waals surface area contributed by atoms with Gasteiger partial charge in [0.1, 0.15) is 0 Å². The highest BCUT2D eigenvalue weighted by Crippen LogP contribution is 2.22. The molecule has 3 heteroatoms.